The topological polar surface area (TPSA) is 64.2 Å². The number of amides is 1. The summed E-state index contributed by atoms with van der Waals surface area (Å²) in [5.74, 6) is -0.488. The van der Waals surface area contributed by atoms with E-state index in [4.69, 9.17) is 11.6 Å². The molecule has 1 unspecified atom stereocenters. The van der Waals surface area contributed by atoms with Crippen LogP contribution in [0.1, 0.15) is 11.1 Å². The highest BCUT2D eigenvalue weighted by atomic mass is 35.5. The standard InChI is InChI=1S/C33H34ClFN4O3S/c1-23-10-11-26(34)21-30(23)36-14-16-37(17-15-36)33(40)31-22-38(18-19-39(31)29-13-12-27(35)20-24(29)2)43(41,42)32-9-5-7-25-6-3-4-8-28(25)32/h3-13,20-21,31H,14-19,22H2,1-2H3. The van der Waals surface area contributed by atoms with E-state index in [0.29, 0.717) is 48.7 Å². The van der Waals surface area contributed by atoms with Gasteiger partial charge in [-0.1, -0.05) is 54.1 Å². The summed E-state index contributed by atoms with van der Waals surface area (Å²) in [5.41, 5.74) is 3.59. The van der Waals surface area contributed by atoms with Crippen LogP contribution in [0.5, 0.6) is 0 Å². The molecule has 7 nitrogen and oxygen atoms in total. The van der Waals surface area contributed by atoms with E-state index in [1.165, 1.54) is 16.4 Å². The van der Waals surface area contributed by atoms with Crippen LogP contribution in [0.3, 0.4) is 0 Å². The molecule has 2 heterocycles. The number of hydrogen-bond acceptors (Lipinski definition) is 5. The summed E-state index contributed by atoms with van der Waals surface area (Å²) in [6.45, 7) is 6.60. The molecule has 2 aliphatic heterocycles. The highest BCUT2D eigenvalue weighted by molar-refractivity contribution is 7.89. The van der Waals surface area contributed by atoms with Crippen LogP contribution in [0.2, 0.25) is 5.02 Å². The van der Waals surface area contributed by atoms with E-state index in [0.717, 1.165) is 22.3 Å². The fourth-order valence-corrected chi connectivity index (χ4v) is 8.10. The van der Waals surface area contributed by atoms with Crippen molar-refractivity contribution in [1.29, 1.82) is 0 Å². The van der Waals surface area contributed by atoms with Gasteiger partial charge in [0.25, 0.3) is 0 Å². The van der Waals surface area contributed by atoms with Gasteiger partial charge >= 0.3 is 0 Å². The molecule has 0 aliphatic carbocycles. The van der Waals surface area contributed by atoms with Gasteiger partial charge in [-0.15, -0.1) is 0 Å². The van der Waals surface area contributed by atoms with Gasteiger partial charge in [0.05, 0.1) is 4.90 Å². The minimum atomic E-state index is -3.91. The van der Waals surface area contributed by atoms with Crippen LogP contribution in [-0.2, 0) is 14.8 Å². The Balaban J connectivity index is 1.29. The van der Waals surface area contributed by atoms with E-state index >= 15 is 0 Å². The largest absolute Gasteiger partial charge is 0.368 e. The van der Waals surface area contributed by atoms with Crippen molar-refractivity contribution in [3.8, 4) is 0 Å². The predicted molar refractivity (Wildman–Crippen MR) is 170 cm³/mol. The van der Waals surface area contributed by atoms with E-state index in [1.807, 2.05) is 72.2 Å². The lowest BCUT2D eigenvalue weighted by atomic mass is 10.1. The van der Waals surface area contributed by atoms with E-state index < -0.39 is 16.1 Å². The Bertz CT molecular complexity index is 1790. The van der Waals surface area contributed by atoms with E-state index in [2.05, 4.69) is 4.90 Å². The van der Waals surface area contributed by atoms with E-state index in [1.54, 1.807) is 18.2 Å². The molecule has 0 saturated carbocycles. The summed E-state index contributed by atoms with van der Waals surface area (Å²) >= 11 is 6.27. The Morgan fingerprint density at radius 2 is 1.56 bits per heavy atom. The third-order valence-electron chi connectivity index (χ3n) is 8.57. The molecule has 6 rings (SSSR count). The monoisotopic (exact) mass is 620 g/mol. The number of nitrogens with zero attached hydrogens (tertiary/aromatic N) is 4. The summed E-state index contributed by atoms with van der Waals surface area (Å²) in [4.78, 5) is 20.5. The molecule has 224 valence electrons. The summed E-state index contributed by atoms with van der Waals surface area (Å²) in [7, 11) is -3.91. The van der Waals surface area contributed by atoms with Crippen molar-refractivity contribution < 1.29 is 17.6 Å². The maximum atomic E-state index is 14.2. The van der Waals surface area contributed by atoms with Gasteiger partial charge in [0.2, 0.25) is 15.9 Å². The molecule has 0 bridgehead atoms. The smallest absolute Gasteiger partial charge is 0.246 e. The lowest BCUT2D eigenvalue weighted by Gasteiger charge is -2.45. The molecule has 1 atom stereocenters. The van der Waals surface area contributed by atoms with Crippen molar-refractivity contribution in [2.45, 2.75) is 24.8 Å². The lowest BCUT2D eigenvalue weighted by Crippen LogP contribution is -2.62. The fourth-order valence-electron chi connectivity index (χ4n) is 6.28. The van der Waals surface area contributed by atoms with Crippen LogP contribution in [0.25, 0.3) is 10.8 Å². The van der Waals surface area contributed by atoms with Gasteiger partial charge in [-0.25, -0.2) is 12.8 Å². The summed E-state index contributed by atoms with van der Waals surface area (Å²) in [5, 5.41) is 2.15. The summed E-state index contributed by atoms with van der Waals surface area (Å²) in [6.07, 6.45) is 0. The minimum Gasteiger partial charge on any atom is -0.368 e. The van der Waals surface area contributed by atoms with Gasteiger partial charge in [-0.2, -0.15) is 4.31 Å². The SMILES string of the molecule is Cc1ccc(Cl)cc1N1CCN(C(=O)C2CN(S(=O)(=O)c3cccc4ccccc34)CCN2c2ccc(F)cc2C)CC1. The molecule has 2 saturated heterocycles. The molecule has 0 spiro atoms. The Morgan fingerprint density at radius 3 is 2.33 bits per heavy atom. The van der Waals surface area contributed by atoms with Gasteiger partial charge in [0.15, 0.2) is 0 Å². The molecule has 0 aromatic heterocycles. The number of sulfonamides is 1. The maximum Gasteiger partial charge on any atom is 0.246 e. The first kappa shape index (κ1) is 29.4. The quantitative estimate of drug-likeness (QED) is 0.296. The van der Waals surface area contributed by atoms with E-state index in [9.17, 15) is 17.6 Å². The van der Waals surface area contributed by atoms with Crippen molar-refractivity contribution in [2.75, 3.05) is 55.6 Å². The Kier molecular flexibility index (Phi) is 8.06. The number of benzene rings is 4. The number of carbonyl (C=O) groups excluding carboxylic acids is 1. The van der Waals surface area contributed by atoms with Gasteiger partial charge in [-0.3, -0.25) is 4.79 Å². The molecule has 10 heteroatoms. The molecule has 2 fully saturated rings. The number of rotatable bonds is 5. The zero-order chi connectivity index (χ0) is 30.3. The van der Waals surface area contributed by atoms with Gasteiger partial charge in [0.1, 0.15) is 11.9 Å². The van der Waals surface area contributed by atoms with Crippen LogP contribution in [0, 0.1) is 19.7 Å². The Hall–Kier alpha value is -3.66. The third-order valence-corrected chi connectivity index (χ3v) is 10.7. The number of fused-ring (bicyclic) bond motifs is 1. The van der Waals surface area contributed by atoms with Gasteiger partial charge < -0.3 is 14.7 Å². The van der Waals surface area contributed by atoms with Crippen LogP contribution in [0.4, 0.5) is 15.8 Å². The Labute approximate surface area is 257 Å². The molecule has 0 radical (unpaired) electrons. The van der Waals surface area contributed by atoms with Crippen molar-refractivity contribution in [3.05, 3.63) is 101 Å². The normalized spacial score (nSPS) is 18.3. The molecule has 0 N–H and O–H groups in total. The van der Waals surface area contributed by atoms with Crippen LogP contribution in [0.15, 0.2) is 83.8 Å². The second kappa shape index (κ2) is 11.8. The van der Waals surface area contributed by atoms with Crippen LogP contribution in [-0.4, -0.2) is 75.4 Å². The molecule has 4 aromatic rings. The highest BCUT2D eigenvalue weighted by Crippen LogP contribution is 2.32. The molecule has 1 amide bonds. The van der Waals surface area contributed by atoms with Gasteiger partial charge in [0, 0.05) is 67.6 Å². The summed E-state index contributed by atoms with van der Waals surface area (Å²) < 4.78 is 43.6. The highest BCUT2D eigenvalue weighted by Gasteiger charge is 2.41. The predicted octanol–water partition coefficient (Wildman–Crippen LogP) is 5.48. The number of halogens is 2. The molecular formula is C33H34ClFN4O3S. The number of anilines is 2. The second-order valence-electron chi connectivity index (χ2n) is 11.2. The number of hydrogen-bond donors (Lipinski definition) is 0. The second-order valence-corrected chi connectivity index (χ2v) is 13.6. The first-order valence-electron chi connectivity index (χ1n) is 14.4. The third kappa shape index (κ3) is 5.69. The fraction of sp³-hybridized carbons (Fsp3) is 0.303. The van der Waals surface area contributed by atoms with Gasteiger partial charge in [-0.05, 0) is 66.8 Å². The first-order valence-corrected chi connectivity index (χ1v) is 16.3. The van der Waals surface area contributed by atoms with Crippen LogP contribution < -0.4 is 9.80 Å². The van der Waals surface area contributed by atoms with Crippen molar-refractivity contribution >= 4 is 49.7 Å². The van der Waals surface area contributed by atoms with Crippen molar-refractivity contribution in [3.63, 3.8) is 0 Å². The first-order chi connectivity index (χ1) is 20.6. The lowest BCUT2D eigenvalue weighted by molar-refractivity contribution is -0.133. The molecule has 2 aliphatic rings. The molecular weight excluding hydrogens is 587 g/mol. The van der Waals surface area contributed by atoms with Crippen LogP contribution >= 0.6 is 11.6 Å². The Morgan fingerprint density at radius 1 is 0.814 bits per heavy atom. The zero-order valence-corrected chi connectivity index (χ0v) is 25.8. The zero-order valence-electron chi connectivity index (χ0n) is 24.2. The molecule has 43 heavy (non-hydrogen) atoms. The minimum absolute atomic E-state index is 0.00514. The average Bonchev–Trinajstić information content (AvgIpc) is 3.01. The summed E-state index contributed by atoms with van der Waals surface area (Å²) in [6, 6.07) is 22.2. The average molecular weight is 621 g/mol. The van der Waals surface area contributed by atoms with Crippen molar-refractivity contribution in [1.82, 2.24) is 9.21 Å². The molecule has 4 aromatic carbocycles. The maximum absolute atomic E-state index is 14.2. The number of carbonyl (C=O) groups is 1. The van der Waals surface area contributed by atoms with E-state index in [-0.39, 0.29) is 29.7 Å². The van der Waals surface area contributed by atoms with Crippen molar-refractivity contribution in [2.24, 2.45) is 0 Å². The number of piperazine rings is 2. The number of aryl methyl sites for hydroxylation is 2.